The molecule has 90 valence electrons. The third-order valence-corrected chi connectivity index (χ3v) is 2.01. The third-order valence-electron chi connectivity index (χ3n) is 2.01. The smallest absolute Gasteiger partial charge is 0.252 e. The van der Waals surface area contributed by atoms with E-state index in [1.54, 1.807) is 12.3 Å². The molecule has 0 spiro atoms. The van der Waals surface area contributed by atoms with Crippen molar-refractivity contribution in [1.29, 1.82) is 0 Å². The van der Waals surface area contributed by atoms with Gasteiger partial charge >= 0.3 is 0 Å². The van der Waals surface area contributed by atoms with Crippen molar-refractivity contribution in [2.45, 2.75) is 13.8 Å². The number of amides is 1. The van der Waals surface area contributed by atoms with Gasteiger partial charge in [-0.15, -0.1) is 0 Å². The van der Waals surface area contributed by atoms with Gasteiger partial charge < -0.3 is 11.1 Å². The minimum absolute atomic E-state index is 0.123. The number of carbonyl (C=O) groups is 1. The molecule has 0 saturated carbocycles. The molecule has 1 rings (SSSR count). The molecule has 17 heavy (non-hydrogen) atoms. The fourth-order valence-corrected chi connectivity index (χ4v) is 1.18. The zero-order chi connectivity index (χ0) is 12.7. The molecule has 0 radical (unpaired) electrons. The van der Waals surface area contributed by atoms with Gasteiger partial charge in [-0.3, -0.25) is 9.78 Å². The highest BCUT2D eigenvalue weighted by Crippen LogP contribution is 2.01. The summed E-state index contributed by atoms with van der Waals surface area (Å²) in [6.45, 7) is 5.03. The summed E-state index contributed by atoms with van der Waals surface area (Å²) in [4.78, 5) is 15.7. The first kappa shape index (κ1) is 13.2. The topological polar surface area (TPSA) is 68.0 Å². The lowest BCUT2D eigenvalue weighted by molar-refractivity contribution is 0.0948. The summed E-state index contributed by atoms with van der Waals surface area (Å²) in [7, 11) is 0. The van der Waals surface area contributed by atoms with Crippen molar-refractivity contribution in [3.63, 3.8) is 0 Å². The van der Waals surface area contributed by atoms with E-state index in [-0.39, 0.29) is 5.91 Å². The van der Waals surface area contributed by atoms with Gasteiger partial charge in [0.2, 0.25) is 0 Å². The van der Waals surface area contributed by atoms with Gasteiger partial charge in [-0.25, -0.2) is 0 Å². The van der Waals surface area contributed by atoms with Crippen LogP contribution in [0.3, 0.4) is 0 Å². The molecule has 1 amide bonds. The lowest BCUT2D eigenvalue weighted by Crippen LogP contribution is -2.27. The van der Waals surface area contributed by atoms with Gasteiger partial charge in [0, 0.05) is 24.5 Å². The van der Waals surface area contributed by atoms with Crippen LogP contribution in [0, 0.1) is 17.8 Å². The zero-order valence-corrected chi connectivity index (χ0v) is 10.2. The maximum absolute atomic E-state index is 11.8. The van der Waals surface area contributed by atoms with Gasteiger partial charge in [0.25, 0.3) is 5.91 Å². The number of aromatic nitrogens is 1. The number of nitrogens with one attached hydrogen (secondary N) is 1. The SMILES string of the molecule is CC(C)CNC(=O)c1cncc(C#CCN)c1. The minimum Gasteiger partial charge on any atom is -0.352 e. The Labute approximate surface area is 102 Å². The van der Waals surface area contributed by atoms with Crippen LogP contribution in [0.5, 0.6) is 0 Å². The largest absolute Gasteiger partial charge is 0.352 e. The Morgan fingerprint density at radius 1 is 1.53 bits per heavy atom. The van der Waals surface area contributed by atoms with E-state index in [1.165, 1.54) is 6.20 Å². The highest BCUT2D eigenvalue weighted by atomic mass is 16.1. The molecule has 0 fully saturated rings. The zero-order valence-electron chi connectivity index (χ0n) is 10.2. The van der Waals surface area contributed by atoms with Crippen LogP contribution in [0.15, 0.2) is 18.5 Å². The second-order valence-electron chi connectivity index (χ2n) is 4.07. The first-order valence-electron chi connectivity index (χ1n) is 5.55. The van der Waals surface area contributed by atoms with Crippen molar-refractivity contribution in [2.24, 2.45) is 11.7 Å². The second kappa shape index (κ2) is 6.66. The average molecular weight is 231 g/mol. The lowest BCUT2D eigenvalue weighted by Gasteiger charge is -2.07. The van der Waals surface area contributed by atoms with Crippen molar-refractivity contribution >= 4 is 5.91 Å². The van der Waals surface area contributed by atoms with Crippen LogP contribution in [-0.4, -0.2) is 24.0 Å². The fraction of sp³-hybridized carbons (Fsp3) is 0.385. The molecule has 3 N–H and O–H groups in total. The molecule has 4 heteroatoms. The maximum Gasteiger partial charge on any atom is 0.252 e. The van der Waals surface area contributed by atoms with Crippen LogP contribution in [0.1, 0.15) is 29.8 Å². The number of nitrogens with two attached hydrogens (primary N) is 1. The van der Waals surface area contributed by atoms with E-state index >= 15 is 0 Å². The van der Waals surface area contributed by atoms with E-state index in [9.17, 15) is 4.79 Å². The summed E-state index contributed by atoms with van der Waals surface area (Å²) in [6.07, 6.45) is 3.14. The first-order chi connectivity index (χ1) is 8.13. The predicted molar refractivity (Wildman–Crippen MR) is 67.3 cm³/mol. The summed E-state index contributed by atoms with van der Waals surface area (Å²) < 4.78 is 0. The average Bonchev–Trinajstić information content (AvgIpc) is 2.33. The molecule has 1 heterocycles. The van der Waals surface area contributed by atoms with Gasteiger partial charge in [0.1, 0.15) is 0 Å². The van der Waals surface area contributed by atoms with Crippen molar-refractivity contribution in [1.82, 2.24) is 10.3 Å². The predicted octanol–water partition coefficient (Wildman–Crippen LogP) is 0.778. The van der Waals surface area contributed by atoms with Crippen LogP contribution < -0.4 is 11.1 Å². The summed E-state index contributed by atoms with van der Waals surface area (Å²) in [5, 5.41) is 2.83. The fourth-order valence-electron chi connectivity index (χ4n) is 1.18. The molecule has 0 aliphatic heterocycles. The lowest BCUT2D eigenvalue weighted by atomic mass is 10.2. The Kier molecular flexibility index (Phi) is 5.18. The van der Waals surface area contributed by atoms with Crippen molar-refractivity contribution in [2.75, 3.05) is 13.1 Å². The molecule has 0 unspecified atom stereocenters. The van der Waals surface area contributed by atoms with Crippen LogP contribution in [0.25, 0.3) is 0 Å². The molecule has 0 atom stereocenters. The summed E-state index contributed by atoms with van der Waals surface area (Å²) in [6, 6.07) is 1.71. The molecular weight excluding hydrogens is 214 g/mol. The summed E-state index contributed by atoms with van der Waals surface area (Å²) in [5.41, 5.74) is 6.51. The van der Waals surface area contributed by atoms with E-state index in [0.717, 1.165) is 0 Å². The molecule has 0 aliphatic carbocycles. The summed E-state index contributed by atoms with van der Waals surface area (Å²) >= 11 is 0. The summed E-state index contributed by atoms with van der Waals surface area (Å²) in [5.74, 6) is 5.87. The molecule has 1 aromatic rings. The molecule has 0 aromatic carbocycles. The third kappa shape index (κ3) is 4.66. The quantitative estimate of drug-likeness (QED) is 0.755. The number of hydrogen-bond acceptors (Lipinski definition) is 3. The first-order valence-corrected chi connectivity index (χ1v) is 5.55. The van der Waals surface area contributed by atoms with Crippen LogP contribution >= 0.6 is 0 Å². The molecular formula is C13H17N3O. The number of rotatable bonds is 3. The molecule has 4 nitrogen and oxygen atoms in total. The Morgan fingerprint density at radius 2 is 2.29 bits per heavy atom. The second-order valence-corrected chi connectivity index (χ2v) is 4.07. The van der Waals surface area contributed by atoms with E-state index in [0.29, 0.717) is 30.1 Å². The van der Waals surface area contributed by atoms with E-state index in [1.807, 2.05) is 13.8 Å². The Morgan fingerprint density at radius 3 is 2.94 bits per heavy atom. The van der Waals surface area contributed by atoms with E-state index in [2.05, 4.69) is 22.1 Å². The Balaban J connectivity index is 2.74. The van der Waals surface area contributed by atoms with Gasteiger partial charge in [-0.1, -0.05) is 25.7 Å². The van der Waals surface area contributed by atoms with Crippen molar-refractivity contribution in [3.05, 3.63) is 29.6 Å². The molecule has 0 bridgehead atoms. The normalized spacial score (nSPS) is 9.65. The van der Waals surface area contributed by atoms with Crippen LogP contribution in [0.2, 0.25) is 0 Å². The molecule has 0 aliphatic rings. The molecule has 1 aromatic heterocycles. The minimum atomic E-state index is -0.123. The standard InChI is InChI=1S/C13H17N3O/c1-10(2)7-16-13(17)12-6-11(4-3-5-14)8-15-9-12/h6,8-10H,5,7,14H2,1-2H3,(H,16,17). The van der Waals surface area contributed by atoms with E-state index in [4.69, 9.17) is 5.73 Å². The van der Waals surface area contributed by atoms with Crippen molar-refractivity contribution in [3.8, 4) is 11.8 Å². The van der Waals surface area contributed by atoms with E-state index < -0.39 is 0 Å². The van der Waals surface area contributed by atoms with Crippen molar-refractivity contribution < 1.29 is 4.79 Å². The van der Waals surface area contributed by atoms with Crippen LogP contribution in [-0.2, 0) is 0 Å². The number of nitrogens with zero attached hydrogens (tertiary/aromatic N) is 1. The Hall–Kier alpha value is -1.86. The maximum atomic E-state index is 11.8. The number of carbonyl (C=O) groups excluding carboxylic acids is 1. The molecule has 0 saturated heterocycles. The number of pyridine rings is 1. The van der Waals surface area contributed by atoms with Gasteiger partial charge in [0.15, 0.2) is 0 Å². The monoisotopic (exact) mass is 231 g/mol. The van der Waals surface area contributed by atoms with Gasteiger partial charge in [-0.2, -0.15) is 0 Å². The highest BCUT2D eigenvalue weighted by Gasteiger charge is 2.06. The highest BCUT2D eigenvalue weighted by molar-refractivity contribution is 5.94. The Bertz CT molecular complexity index is 443. The van der Waals surface area contributed by atoms with Gasteiger partial charge in [-0.05, 0) is 12.0 Å². The van der Waals surface area contributed by atoms with Crippen LogP contribution in [0.4, 0.5) is 0 Å². The number of hydrogen-bond donors (Lipinski definition) is 2. The van der Waals surface area contributed by atoms with Gasteiger partial charge in [0.05, 0.1) is 12.1 Å².